The minimum atomic E-state index is -0.486. The maximum absolute atomic E-state index is 11.0. The van der Waals surface area contributed by atoms with Crippen molar-refractivity contribution in [2.45, 2.75) is 39.8 Å². The molecule has 0 aromatic carbocycles. The van der Waals surface area contributed by atoms with Gasteiger partial charge < -0.3 is 14.9 Å². The summed E-state index contributed by atoms with van der Waals surface area (Å²) >= 11 is 0. The van der Waals surface area contributed by atoms with Crippen LogP contribution in [0.15, 0.2) is 12.4 Å². The van der Waals surface area contributed by atoms with Crippen molar-refractivity contribution >= 4 is 11.8 Å². The van der Waals surface area contributed by atoms with Crippen LogP contribution >= 0.6 is 0 Å². The van der Waals surface area contributed by atoms with Gasteiger partial charge in [-0.05, 0) is 11.3 Å². The van der Waals surface area contributed by atoms with Crippen LogP contribution in [0.25, 0.3) is 0 Å². The number of hydrogen-bond acceptors (Lipinski definition) is 7. The first kappa shape index (κ1) is 16.6. The summed E-state index contributed by atoms with van der Waals surface area (Å²) in [5.74, 6) is 0.0793. The molecular formula is C13H18N6O4. The Kier molecular flexibility index (Phi) is 5.04. The van der Waals surface area contributed by atoms with Crippen LogP contribution in [0.4, 0.5) is 5.82 Å². The zero-order valence-electron chi connectivity index (χ0n) is 13.2. The Bertz CT molecular complexity index is 707. The molecule has 0 spiro atoms. The van der Waals surface area contributed by atoms with Crippen LogP contribution in [0.5, 0.6) is 0 Å². The highest BCUT2D eigenvalue weighted by molar-refractivity contribution is 5.65. The molecule has 0 bridgehead atoms. The fraction of sp³-hybridized carbons (Fsp3) is 0.538. The van der Waals surface area contributed by atoms with Gasteiger partial charge in [-0.1, -0.05) is 12.1 Å². The third-order valence-corrected chi connectivity index (χ3v) is 3.42. The number of imidazole rings is 1. The first-order valence-corrected chi connectivity index (χ1v) is 7.13. The zero-order chi connectivity index (χ0) is 17.0. The molecule has 2 aromatic heterocycles. The summed E-state index contributed by atoms with van der Waals surface area (Å²) in [6, 6.07) is -0.126. The second-order valence-corrected chi connectivity index (χ2v) is 5.06. The summed E-state index contributed by atoms with van der Waals surface area (Å²) in [6.07, 6.45) is 3.62. The van der Waals surface area contributed by atoms with E-state index in [0.717, 1.165) is 0 Å². The largest absolute Gasteiger partial charge is 0.464 e. The minimum Gasteiger partial charge on any atom is -0.464 e. The molecule has 0 radical (unpaired) electrons. The van der Waals surface area contributed by atoms with Gasteiger partial charge in [0.2, 0.25) is 0 Å². The van der Waals surface area contributed by atoms with E-state index in [-0.39, 0.29) is 31.0 Å². The van der Waals surface area contributed by atoms with Crippen LogP contribution in [0.3, 0.4) is 0 Å². The summed E-state index contributed by atoms with van der Waals surface area (Å²) in [6.45, 7) is 5.39. The number of rotatable bonds is 7. The number of hydrogen-bond donors (Lipinski definition) is 0. The van der Waals surface area contributed by atoms with E-state index in [1.54, 1.807) is 17.8 Å². The third kappa shape index (κ3) is 3.90. The van der Waals surface area contributed by atoms with Crippen LogP contribution in [0.2, 0.25) is 0 Å². The van der Waals surface area contributed by atoms with E-state index < -0.39 is 4.92 Å². The number of nitrogens with zero attached hydrogens (tertiary/aromatic N) is 6. The summed E-state index contributed by atoms with van der Waals surface area (Å²) < 4.78 is 8.07. The number of ether oxygens (including phenoxy) is 1. The Morgan fingerprint density at radius 3 is 2.87 bits per heavy atom. The molecule has 0 aliphatic heterocycles. The highest BCUT2D eigenvalue weighted by Gasteiger charge is 2.20. The lowest BCUT2D eigenvalue weighted by molar-refractivity contribution is -0.392. The Labute approximate surface area is 132 Å². The lowest BCUT2D eigenvalue weighted by Gasteiger charge is -2.13. The molecular weight excluding hydrogens is 304 g/mol. The molecule has 0 aliphatic rings. The van der Waals surface area contributed by atoms with Crippen molar-refractivity contribution in [3.63, 3.8) is 0 Å². The van der Waals surface area contributed by atoms with Crippen molar-refractivity contribution in [3.8, 4) is 0 Å². The smallest absolute Gasteiger partial charge is 0.343 e. The molecule has 2 heterocycles. The quantitative estimate of drug-likeness (QED) is 0.427. The van der Waals surface area contributed by atoms with E-state index in [1.807, 2.05) is 6.92 Å². The van der Waals surface area contributed by atoms with Crippen molar-refractivity contribution in [1.29, 1.82) is 0 Å². The average molecular weight is 322 g/mol. The van der Waals surface area contributed by atoms with Crippen LogP contribution in [-0.4, -0.2) is 42.0 Å². The molecule has 0 saturated carbocycles. The van der Waals surface area contributed by atoms with Crippen molar-refractivity contribution in [1.82, 2.24) is 24.5 Å². The monoisotopic (exact) mass is 322 g/mol. The van der Waals surface area contributed by atoms with Crippen LogP contribution in [0, 0.1) is 17.0 Å². The Hall–Kier alpha value is -2.78. The summed E-state index contributed by atoms with van der Waals surface area (Å²) in [4.78, 5) is 25.4. The second-order valence-electron chi connectivity index (χ2n) is 5.06. The third-order valence-electron chi connectivity index (χ3n) is 3.42. The maximum atomic E-state index is 11.0. The van der Waals surface area contributed by atoms with Crippen LogP contribution in [-0.2, 0) is 16.1 Å². The van der Waals surface area contributed by atoms with E-state index in [0.29, 0.717) is 17.9 Å². The fourth-order valence-electron chi connectivity index (χ4n) is 2.12. The highest BCUT2D eigenvalue weighted by atomic mass is 16.6. The van der Waals surface area contributed by atoms with Gasteiger partial charge in [0, 0.05) is 13.8 Å². The number of carbonyl (C=O) groups is 1. The molecule has 1 unspecified atom stereocenters. The van der Waals surface area contributed by atoms with Crippen molar-refractivity contribution in [3.05, 3.63) is 34.0 Å². The van der Waals surface area contributed by atoms with Gasteiger partial charge in [-0.25, -0.2) is 14.2 Å². The van der Waals surface area contributed by atoms with Gasteiger partial charge >= 0.3 is 11.8 Å². The van der Waals surface area contributed by atoms with E-state index >= 15 is 0 Å². The maximum Gasteiger partial charge on any atom is 0.343 e. The van der Waals surface area contributed by atoms with Gasteiger partial charge in [-0.3, -0.25) is 4.79 Å². The molecule has 2 aromatic rings. The van der Waals surface area contributed by atoms with Crippen molar-refractivity contribution in [2.75, 3.05) is 6.61 Å². The van der Waals surface area contributed by atoms with Crippen molar-refractivity contribution < 1.29 is 14.5 Å². The molecule has 10 heteroatoms. The van der Waals surface area contributed by atoms with Gasteiger partial charge in [-0.2, -0.15) is 0 Å². The van der Waals surface area contributed by atoms with Crippen LogP contribution < -0.4 is 0 Å². The molecule has 0 N–H and O–H groups in total. The van der Waals surface area contributed by atoms with Crippen molar-refractivity contribution in [2.24, 2.45) is 0 Å². The molecule has 0 aliphatic carbocycles. The number of aryl methyl sites for hydroxylation is 1. The molecule has 10 nitrogen and oxygen atoms in total. The predicted molar refractivity (Wildman–Crippen MR) is 78.7 cm³/mol. The van der Waals surface area contributed by atoms with E-state index in [4.69, 9.17) is 4.74 Å². The first-order valence-electron chi connectivity index (χ1n) is 7.13. The van der Waals surface area contributed by atoms with E-state index in [9.17, 15) is 14.9 Å². The summed E-state index contributed by atoms with van der Waals surface area (Å²) in [5, 5.41) is 19.0. The number of carbonyl (C=O) groups excluding carboxylic acids is 1. The molecule has 1 atom stereocenters. The molecule has 0 amide bonds. The van der Waals surface area contributed by atoms with Gasteiger partial charge in [0.25, 0.3) is 0 Å². The second kappa shape index (κ2) is 6.99. The normalized spacial score (nSPS) is 12.1. The van der Waals surface area contributed by atoms with Gasteiger partial charge in [0.05, 0.1) is 12.2 Å². The minimum absolute atomic E-state index is 0.0935. The van der Waals surface area contributed by atoms with Crippen LogP contribution in [0.1, 0.15) is 37.8 Å². The number of esters is 1. The Balaban J connectivity index is 2.14. The lowest BCUT2D eigenvalue weighted by Crippen LogP contribution is -2.17. The SMILES string of the molecule is CCC(COC(C)=O)n1cc(Cn2c([N+](=O)[O-])cnc2C)nn1. The number of aromatic nitrogens is 5. The Morgan fingerprint density at radius 1 is 1.52 bits per heavy atom. The lowest BCUT2D eigenvalue weighted by atomic mass is 10.2. The molecule has 2 rings (SSSR count). The Morgan fingerprint density at radius 2 is 2.26 bits per heavy atom. The van der Waals surface area contributed by atoms with E-state index in [1.165, 1.54) is 17.7 Å². The average Bonchev–Trinajstić information content (AvgIpc) is 3.08. The molecule has 0 saturated heterocycles. The van der Waals surface area contributed by atoms with Gasteiger partial charge in [0.1, 0.15) is 25.0 Å². The summed E-state index contributed by atoms with van der Waals surface area (Å²) in [5.41, 5.74) is 0.565. The number of nitro groups is 1. The predicted octanol–water partition coefficient (Wildman–Crippen LogP) is 1.25. The standard InChI is InChI=1S/C13H18N6O4/c1-4-12(8-23-10(3)20)18-7-11(15-16-18)6-17-9(2)14-5-13(17)19(21)22/h5,7,12H,4,6,8H2,1-3H3. The first-order chi connectivity index (χ1) is 10.9. The molecule has 0 fully saturated rings. The fourth-order valence-corrected chi connectivity index (χ4v) is 2.12. The van der Waals surface area contributed by atoms with Gasteiger partial charge in [-0.15, -0.1) is 5.10 Å². The summed E-state index contributed by atoms with van der Waals surface area (Å²) in [7, 11) is 0. The topological polar surface area (TPSA) is 118 Å². The highest BCUT2D eigenvalue weighted by Crippen LogP contribution is 2.16. The zero-order valence-corrected chi connectivity index (χ0v) is 13.2. The van der Waals surface area contributed by atoms with Gasteiger partial charge in [0.15, 0.2) is 5.82 Å². The molecule has 124 valence electrons. The molecule has 23 heavy (non-hydrogen) atoms. The van der Waals surface area contributed by atoms with E-state index in [2.05, 4.69) is 15.3 Å².